The first-order valence-electron chi connectivity index (χ1n) is 6.89. The fraction of sp³-hybridized carbons (Fsp3) is 0.643. The maximum atomic E-state index is 5.76. The van der Waals surface area contributed by atoms with Crippen LogP contribution in [-0.2, 0) is 0 Å². The van der Waals surface area contributed by atoms with Gasteiger partial charge in [0.1, 0.15) is 0 Å². The van der Waals surface area contributed by atoms with Crippen molar-refractivity contribution in [3.8, 4) is 5.88 Å². The summed E-state index contributed by atoms with van der Waals surface area (Å²) < 4.78 is 5.56. The standard InChI is InChI=1S/C14H21ClN2OS/c15-13-5-6-14(16-11-13)18-9-4-2-1-3-7-17-8-10-19-12-17/h5-6,11H,1-4,7-10,12H2. The maximum absolute atomic E-state index is 5.76. The van der Waals surface area contributed by atoms with Gasteiger partial charge in [-0.3, -0.25) is 4.90 Å². The van der Waals surface area contributed by atoms with Crippen LogP contribution in [0.2, 0.25) is 5.02 Å². The minimum atomic E-state index is 0.646. The van der Waals surface area contributed by atoms with Crippen LogP contribution in [0.15, 0.2) is 18.3 Å². The maximum Gasteiger partial charge on any atom is 0.213 e. The second-order valence-corrected chi connectivity index (χ2v) is 6.24. The molecule has 0 saturated carbocycles. The lowest BCUT2D eigenvalue weighted by Gasteiger charge is -2.12. The molecule has 2 heterocycles. The molecule has 106 valence electrons. The number of ether oxygens (including phenoxy) is 1. The van der Waals surface area contributed by atoms with Crippen LogP contribution in [0.25, 0.3) is 0 Å². The Kier molecular flexibility index (Phi) is 6.82. The molecule has 2 rings (SSSR count). The summed E-state index contributed by atoms with van der Waals surface area (Å²) in [6, 6.07) is 3.62. The van der Waals surface area contributed by atoms with Crippen molar-refractivity contribution in [1.82, 2.24) is 9.88 Å². The zero-order valence-electron chi connectivity index (χ0n) is 11.2. The Hall–Kier alpha value is -0.450. The van der Waals surface area contributed by atoms with Gasteiger partial charge >= 0.3 is 0 Å². The number of halogens is 1. The van der Waals surface area contributed by atoms with Crippen molar-refractivity contribution in [3.63, 3.8) is 0 Å². The Morgan fingerprint density at radius 2 is 2.16 bits per heavy atom. The van der Waals surface area contributed by atoms with Gasteiger partial charge in [-0.15, -0.1) is 11.8 Å². The van der Waals surface area contributed by atoms with Crippen LogP contribution in [0.5, 0.6) is 5.88 Å². The quantitative estimate of drug-likeness (QED) is 0.684. The summed E-state index contributed by atoms with van der Waals surface area (Å²) in [7, 11) is 0. The number of hydrogen-bond acceptors (Lipinski definition) is 4. The monoisotopic (exact) mass is 300 g/mol. The van der Waals surface area contributed by atoms with Crippen molar-refractivity contribution >= 4 is 23.4 Å². The number of nitrogens with zero attached hydrogens (tertiary/aromatic N) is 2. The first kappa shape index (κ1) is 14.9. The molecule has 0 spiro atoms. The summed E-state index contributed by atoms with van der Waals surface area (Å²) in [6.07, 6.45) is 6.54. The third-order valence-corrected chi connectivity index (χ3v) is 4.39. The van der Waals surface area contributed by atoms with Gasteiger partial charge < -0.3 is 4.74 Å². The molecule has 0 amide bonds. The third-order valence-electron chi connectivity index (χ3n) is 3.14. The van der Waals surface area contributed by atoms with Crippen molar-refractivity contribution in [1.29, 1.82) is 0 Å². The molecular formula is C14H21ClN2OS. The Morgan fingerprint density at radius 3 is 2.89 bits per heavy atom. The van der Waals surface area contributed by atoms with Crippen molar-refractivity contribution in [2.24, 2.45) is 0 Å². The minimum absolute atomic E-state index is 0.646. The zero-order chi connectivity index (χ0) is 13.3. The van der Waals surface area contributed by atoms with Gasteiger partial charge in [-0.2, -0.15) is 0 Å². The van der Waals surface area contributed by atoms with E-state index in [1.165, 1.54) is 44.0 Å². The number of unbranched alkanes of at least 4 members (excludes halogenated alkanes) is 3. The van der Waals surface area contributed by atoms with E-state index in [4.69, 9.17) is 16.3 Å². The fourth-order valence-corrected chi connectivity index (χ4v) is 3.19. The first-order chi connectivity index (χ1) is 9.34. The van der Waals surface area contributed by atoms with E-state index in [1.807, 2.05) is 17.8 Å². The second-order valence-electron chi connectivity index (χ2n) is 4.73. The molecule has 1 aliphatic rings. The Labute approximate surface area is 124 Å². The molecule has 0 aliphatic carbocycles. The molecule has 0 radical (unpaired) electrons. The predicted octanol–water partition coefficient (Wildman–Crippen LogP) is 3.68. The summed E-state index contributed by atoms with van der Waals surface area (Å²) in [5, 5.41) is 0.646. The van der Waals surface area contributed by atoms with E-state index in [1.54, 1.807) is 12.3 Å². The van der Waals surface area contributed by atoms with Crippen LogP contribution >= 0.6 is 23.4 Å². The van der Waals surface area contributed by atoms with Crippen LogP contribution in [0.1, 0.15) is 25.7 Å². The summed E-state index contributed by atoms with van der Waals surface area (Å²) in [5.74, 6) is 3.20. The van der Waals surface area contributed by atoms with E-state index in [0.29, 0.717) is 10.9 Å². The summed E-state index contributed by atoms with van der Waals surface area (Å²) in [4.78, 5) is 6.64. The molecule has 1 saturated heterocycles. The highest BCUT2D eigenvalue weighted by atomic mass is 35.5. The summed E-state index contributed by atoms with van der Waals surface area (Å²) >= 11 is 7.80. The van der Waals surface area contributed by atoms with Gasteiger partial charge in [0.25, 0.3) is 0 Å². The lowest BCUT2D eigenvalue weighted by Crippen LogP contribution is -2.20. The lowest BCUT2D eigenvalue weighted by atomic mass is 10.2. The van der Waals surface area contributed by atoms with Gasteiger partial charge in [0.2, 0.25) is 5.88 Å². The van der Waals surface area contributed by atoms with E-state index in [2.05, 4.69) is 9.88 Å². The molecule has 3 nitrogen and oxygen atoms in total. The van der Waals surface area contributed by atoms with Crippen LogP contribution in [0.4, 0.5) is 0 Å². The largest absolute Gasteiger partial charge is 0.478 e. The molecule has 0 bridgehead atoms. The van der Waals surface area contributed by atoms with Gasteiger partial charge in [0.15, 0.2) is 0 Å². The molecule has 1 aliphatic heterocycles. The third kappa shape index (κ3) is 6.02. The average molecular weight is 301 g/mol. The Bertz CT molecular complexity index is 355. The van der Waals surface area contributed by atoms with Crippen molar-refractivity contribution in [3.05, 3.63) is 23.4 Å². The van der Waals surface area contributed by atoms with Gasteiger partial charge in [-0.25, -0.2) is 4.98 Å². The topological polar surface area (TPSA) is 25.4 Å². The van der Waals surface area contributed by atoms with Crippen LogP contribution in [-0.4, -0.2) is 41.2 Å². The number of pyridine rings is 1. The molecule has 5 heteroatoms. The number of rotatable bonds is 8. The first-order valence-corrected chi connectivity index (χ1v) is 8.42. The second kappa shape index (κ2) is 8.67. The normalized spacial score (nSPS) is 15.8. The van der Waals surface area contributed by atoms with Crippen LogP contribution in [0.3, 0.4) is 0 Å². The van der Waals surface area contributed by atoms with Crippen LogP contribution in [0, 0.1) is 0 Å². The highest BCUT2D eigenvalue weighted by Crippen LogP contribution is 2.14. The predicted molar refractivity (Wildman–Crippen MR) is 82.1 cm³/mol. The smallest absolute Gasteiger partial charge is 0.213 e. The van der Waals surface area contributed by atoms with Gasteiger partial charge in [0.05, 0.1) is 11.6 Å². The van der Waals surface area contributed by atoms with Gasteiger partial charge in [-0.05, 0) is 25.5 Å². The van der Waals surface area contributed by atoms with E-state index >= 15 is 0 Å². The van der Waals surface area contributed by atoms with E-state index < -0.39 is 0 Å². The highest BCUT2D eigenvalue weighted by Gasteiger charge is 2.10. The molecule has 0 atom stereocenters. The minimum Gasteiger partial charge on any atom is -0.478 e. The van der Waals surface area contributed by atoms with E-state index in [0.717, 1.165) is 13.0 Å². The number of thioether (sulfide) groups is 1. The molecule has 1 aromatic rings. The average Bonchev–Trinajstić information content (AvgIpc) is 2.93. The van der Waals surface area contributed by atoms with Gasteiger partial charge in [0, 0.05) is 30.4 Å². The molecule has 0 aromatic carbocycles. The zero-order valence-corrected chi connectivity index (χ0v) is 12.8. The highest BCUT2D eigenvalue weighted by molar-refractivity contribution is 7.99. The van der Waals surface area contributed by atoms with Crippen LogP contribution < -0.4 is 4.74 Å². The van der Waals surface area contributed by atoms with E-state index in [9.17, 15) is 0 Å². The number of aromatic nitrogens is 1. The Morgan fingerprint density at radius 1 is 1.26 bits per heavy atom. The Balaban J connectivity index is 1.44. The van der Waals surface area contributed by atoms with E-state index in [-0.39, 0.29) is 0 Å². The van der Waals surface area contributed by atoms with Crippen molar-refractivity contribution < 1.29 is 4.74 Å². The summed E-state index contributed by atoms with van der Waals surface area (Å²) in [6.45, 7) is 3.27. The molecule has 1 aromatic heterocycles. The molecular weight excluding hydrogens is 280 g/mol. The molecule has 0 unspecified atom stereocenters. The van der Waals surface area contributed by atoms with Crippen molar-refractivity contribution in [2.75, 3.05) is 31.3 Å². The summed E-state index contributed by atoms with van der Waals surface area (Å²) in [5.41, 5.74) is 0. The van der Waals surface area contributed by atoms with Crippen molar-refractivity contribution in [2.45, 2.75) is 25.7 Å². The molecule has 19 heavy (non-hydrogen) atoms. The lowest BCUT2D eigenvalue weighted by molar-refractivity contribution is 0.289. The molecule has 0 N–H and O–H groups in total. The SMILES string of the molecule is Clc1ccc(OCCCCCCN2CCSC2)nc1. The van der Waals surface area contributed by atoms with Gasteiger partial charge in [-0.1, -0.05) is 24.4 Å². The fourth-order valence-electron chi connectivity index (χ4n) is 2.04. The number of hydrogen-bond donors (Lipinski definition) is 0. The molecule has 1 fully saturated rings.